The monoisotopic (exact) mass is 309 g/mol. The molecule has 2 heterocycles. The minimum Gasteiger partial charge on any atom is -0.487 e. The van der Waals surface area contributed by atoms with Gasteiger partial charge in [0.1, 0.15) is 18.2 Å². The Morgan fingerprint density at radius 3 is 2.91 bits per heavy atom. The summed E-state index contributed by atoms with van der Waals surface area (Å²) < 4.78 is 5.70. The van der Waals surface area contributed by atoms with Crippen molar-refractivity contribution in [2.75, 3.05) is 0 Å². The summed E-state index contributed by atoms with van der Waals surface area (Å²) in [6.07, 6.45) is 3.40. The van der Waals surface area contributed by atoms with Gasteiger partial charge < -0.3 is 15.6 Å². The third kappa shape index (κ3) is 3.55. The Morgan fingerprint density at radius 1 is 1.30 bits per heavy atom. The number of carboxylic acid groups (broad SMARTS) is 1. The first kappa shape index (κ1) is 14.8. The fourth-order valence-corrected chi connectivity index (χ4v) is 2.25. The minimum atomic E-state index is -1.00. The molecule has 0 spiro atoms. The van der Waals surface area contributed by atoms with Gasteiger partial charge in [0.2, 0.25) is 0 Å². The van der Waals surface area contributed by atoms with Gasteiger partial charge >= 0.3 is 5.97 Å². The SMILES string of the molecule is NC1=Nc2ccc(OCc3ccccn3)cc2C=C(C(=O)O)C1. The van der Waals surface area contributed by atoms with E-state index in [4.69, 9.17) is 10.5 Å². The number of fused-ring (bicyclic) bond motifs is 1. The summed E-state index contributed by atoms with van der Waals surface area (Å²) in [7, 11) is 0. The third-order valence-corrected chi connectivity index (χ3v) is 3.35. The molecular formula is C17H15N3O3. The summed E-state index contributed by atoms with van der Waals surface area (Å²) >= 11 is 0. The van der Waals surface area contributed by atoms with E-state index in [1.807, 2.05) is 18.2 Å². The van der Waals surface area contributed by atoms with Crippen LogP contribution in [0.5, 0.6) is 5.75 Å². The maximum Gasteiger partial charge on any atom is 0.332 e. The second-order valence-electron chi connectivity index (χ2n) is 5.09. The Labute approximate surface area is 133 Å². The standard InChI is InChI=1S/C17H15N3O3/c18-16-9-12(17(21)22)7-11-8-14(4-5-15(11)20-16)23-10-13-3-1-2-6-19-13/h1-8H,9-10H2,(H2,18,20)(H,21,22). The van der Waals surface area contributed by atoms with Gasteiger partial charge in [-0.3, -0.25) is 4.98 Å². The van der Waals surface area contributed by atoms with E-state index in [0.29, 0.717) is 23.6 Å². The summed E-state index contributed by atoms with van der Waals surface area (Å²) in [4.78, 5) is 19.7. The number of aliphatic imine (C=N–C) groups is 1. The molecule has 0 saturated carbocycles. The zero-order valence-electron chi connectivity index (χ0n) is 12.3. The molecule has 6 nitrogen and oxygen atoms in total. The molecule has 0 saturated heterocycles. The number of aromatic nitrogens is 1. The van der Waals surface area contributed by atoms with Crippen molar-refractivity contribution < 1.29 is 14.6 Å². The van der Waals surface area contributed by atoms with E-state index in [1.165, 1.54) is 0 Å². The van der Waals surface area contributed by atoms with E-state index in [2.05, 4.69) is 9.98 Å². The average Bonchev–Trinajstić information content (AvgIpc) is 2.71. The smallest absolute Gasteiger partial charge is 0.332 e. The van der Waals surface area contributed by atoms with Crippen molar-refractivity contribution in [2.45, 2.75) is 13.0 Å². The summed E-state index contributed by atoms with van der Waals surface area (Å²) in [5, 5.41) is 9.21. The van der Waals surface area contributed by atoms with Crippen LogP contribution >= 0.6 is 0 Å². The summed E-state index contributed by atoms with van der Waals surface area (Å²) in [6.45, 7) is 0.334. The van der Waals surface area contributed by atoms with Crippen molar-refractivity contribution >= 4 is 23.6 Å². The predicted molar refractivity (Wildman–Crippen MR) is 86.5 cm³/mol. The lowest BCUT2D eigenvalue weighted by atomic mass is 10.1. The molecule has 3 N–H and O–H groups in total. The number of benzene rings is 1. The summed E-state index contributed by atoms with van der Waals surface area (Å²) in [6, 6.07) is 10.9. The molecule has 0 amide bonds. The zero-order chi connectivity index (χ0) is 16.2. The quantitative estimate of drug-likeness (QED) is 0.904. The largest absolute Gasteiger partial charge is 0.487 e. The highest BCUT2D eigenvalue weighted by Crippen LogP contribution is 2.30. The lowest BCUT2D eigenvalue weighted by Gasteiger charge is -2.08. The first-order chi connectivity index (χ1) is 11.1. The summed E-state index contributed by atoms with van der Waals surface area (Å²) in [5.41, 5.74) is 8.07. The van der Waals surface area contributed by atoms with Crippen LogP contribution in [0.15, 0.2) is 53.2 Å². The van der Waals surface area contributed by atoms with E-state index >= 15 is 0 Å². The number of hydrogen-bond donors (Lipinski definition) is 2. The molecule has 1 aliphatic heterocycles. The Balaban J connectivity index is 1.86. The van der Waals surface area contributed by atoms with Crippen LogP contribution in [0.4, 0.5) is 5.69 Å². The number of nitrogens with two attached hydrogens (primary N) is 1. The Morgan fingerprint density at radius 2 is 2.17 bits per heavy atom. The highest BCUT2D eigenvalue weighted by atomic mass is 16.5. The Hall–Kier alpha value is -3.15. The van der Waals surface area contributed by atoms with Gasteiger partial charge in [0.05, 0.1) is 11.4 Å². The van der Waals surface area contributed by atoms with Crippen molar-refractivity contribution in [3.8, 4) is 5.75 Å². The molecule has 0 atom stereocenters. The number of hydrogen-bond acceptors (Lipinski definition) is 5. The minimum absolute atomic E-state index is 0.119. The number of nitrogens with zero attached hydrogens (tertiary/aromatic N) is 2. The van der Waals surface area contributed by atoms with Crippen LogP contribution in [-0.2, 0) is 11.4 Å². The lowest BCUT2D eigenvalue weighted by Crippen LogP contribution is -2.14. The van der Waals surface area contributed by atoms with Crippen LogP contribution in [0.1, 0.15) is 17.7 Å². The van der Waals surface area contributed by atoms with E-state index in [1.54, 1.807) is 30.5 Å². The van der Waals surface area contributed by atoms with Crippen LogP contribution < -0.4 is 10.5 Å². The number of amidine groups is 1. The number of ether oxygens (including phenoxy) is 1. The number of pyridine rings is 1. The van der Waals surface area contributed by atoms with Gasteiger partial charge in [0.15, 0.2) is 0 Å². The highest BCUT2D eigenvalue weighted by Gasteiger charge is 2.15. The molecule has 1 aromatic carbocycles. The molecule has 0 aliphatic carbocycles. The fraction of sp³-hybridized carbons (Fsp3) is 0.118. The molecule has 0 radical (unpaired) electrons. The van der Waals surface area contributed by atoms with Crippen LogP contribution in [-0.4, -0.2) is 21.9 Å². The van der Waals surface area contributed by atoms with Gasteiger partial charge in [0.25, 0.3) is 0 Å². The van der Waals surface area contributed by atoms with Gasteiger partial charge in [0, 0.05) is 23.8 Å². The average molecular weight is 309 g/mol. The van der Waals surface area contributed by atoms with Crippen molar-refractivity contribution in [2.24, 2.45) is 10.7 Å². The van der Waals surface area contributed by atoms with Crippen molar-refractivity contribution in [3.63, 3.8) is 0 Å². The third-order valence-electron chi connectivity index (χ3n) is 3.35. The Kier molecular flexibility index (Phi) is 4.05. The topological polar surface area (TPSA) is 97.8 Å². The van der Waals surface area contributed by atoms with E-state index in [-0.39, 0.29) is 17.8 Å². The molecule has 0 unspecified atom stereocenters. The second-order valence-corrected chi connectivity index (χ2v) is 5.09. The van der Waals surface area contributed by atoms with Gasteiger partial charge in [-0.05, 0) is 36.4 Å². The number of rotatable bonds is 4. The predicted octanol–water partition coefficient (Wildman–Crippen LogP) is 2.52. The van der Waals surface area contributed by atoms with E-state index in [9.17, 15) is 9.90 Å². The van der Waals surface area contributed by atoms with Gasteiger partial charge in [-0.25, -0.2) is 9.79 Å². The number of carbonyl (C=O) groups is 1. The number of carboxylic acids is 1. The molecule has 3 rings (SSSR count). The van der Waals surface area contributed by atoms with Crippen LogP contribution in [0.25, 0.3) is 6.08 Å². The van der Waals surface area contributed by atoms with Crippen molar-refractivity contribution in [1.82, 2.24) is 4.98 Å². The summed E-state index contributed by atoms with van der Waals surface area (Å²) in [5.74, 6) is -0.110. The van der Waals surface area contributed by atoms with Gasteiger partial charge in [-0.15, -0.1) is 0 Å². The number of aliphatic carboxylic acids is 1. The van der Waals surface area contributed by atoms with Crippen LogP contribution in [0, 0.1) is 0 Å². The van der Waals surface area contributed by atoms with Gasteiger partial charge in [-0.2, -0.15) is 0 Å². The first-order valence-corrected chi connectivity index (χ1v) is 7.05. The molecule has 1 aromatic heterocycles. The normalized spacial score (nSPS) is 13.4. The van der Waals surface area contributed by atoms with Gasteiger partial charge in [-0.1, -0.05) is 6.07 Å². The fourth-order valence-electron chi connectivity index (χ4n) is 2.25. The van der Waals surface area contributed by atoms with Crippen molar-refractivity contribution in [3.05, 3.63) is 59.4 Å². The van der Waals surface area contributed by atoms with Crippen LogP contribution in [0.2, 0.25) is 0 Å². The molecule has 2 aromatic rings. The molecule has 0 bridgehead atoms. The van der Waals surface area contributed by atoms with E-state index < -0.39 is 5.97 Å². The van der Waals surface area contributed by atoms with Crippen LogP contribution in [0.3, 0.4) is 0 Å². The maximum atomic E-state index is 11.2. The molecule has 116 valence electrons. The first-order valence-electron chi connectivity index (χ1n) is 7.05. The van der Waals surface area contributed by atoms with E-state index in [0.717, 1.165) is 5.69 Å². The maximum absolute atomic E-state index is 11.2. The molecule has 6 heteroatoms. The van der Waals surface area contributed by atoms with Crippen molar-refractivity contribution in [1.29, 1.82) is 0 Å². The Bertz CT molecular complexity index is 798. The highest BCUT2D eigenvalue weighted by molar-refractivity contribution is 6.02. The molecule has 1 aliphatic rings. The molecular weight excluding hydrogens is 294 g/mol. The zero-order valence-corrected chi connectivity index (χ0v) is 12.3. The lowest BCUT2D eigenvalue weighted by molar-refractivity contribution is -0.132. The molecule has 23 heavy (non-hydrogen) atoms. The second kappa shape index (κ2) is 6.31. The molecule has 0 fully saturated rings.